The highest BCUT2D eigenvalue weighted by atomic mass is 19.2. The number of aliphatic hydroxyl groups excluding tert-OH is 1. The van der Waals surface area contributed by atoms with Crippen LogP contribution in [0.15, 0.2) is 0 Å². The highest BCUT2D eigenvalue weighted by molar-refractivity contribution is 4.71. The van der Waals surface area contributed by atoms with Crippen LogP contribution in [0.4, 0.5) is 4.39 Å². The van der Waals surface area contributed by atoms with E-state index in [1.807, 2.05) is 0 Å². The lowest BCUT2D eigenvalue weighted by molar-refractivity contribution is -0.135. The van der Waals surface area contributed by atoms with E-state index in [0.29, 0.717) is 13.0 Å². The normalized spacial score (nSPS) is 38.2. The van der Waals surface area contributed by atoms with E-state index in [1.54, 1.807) is 0 Å². The maximum atomic E-state index is 12.6. The van der Waals surface area contributed by atoms with Crippen molar-refractivity contribution in [3.63, 3.8) is 0 Å². The van der Waals surface area contributed by atoms with Crippen molar-refractivity contribution in [3.05, 3.63) is 0 Å². The number of hydrogen-bond donors (Lipinski definition) is 1. The quantitative estimate of drug-likeness (QED) is 0.544. The molecule has 48 valence electrons. The minimum absolute atomic E-state index is 0.337. The number of halogens is 1. The Morgan fingerprint density at radius 2 is 2.50 bits per heavy atom. The molecule has 2 nitrogen and oxygen atoms in total. The molecule has 1 rings (SSSR count). The van der Waals surface area contributed by atoms with Crippen LogP contribution in [-0.4, -0.2) is 24.2 Å². The molecule has 1 N–H and O–H groups in total. The van der Waals surface area contributed by atoms with Crippen LogP contribution in [0.1, 0.15) is 12.8 Å². The van der Waals surface area contributed by atoms with Gasteiger partial charge in [0.05, 0.1) is 6.61 Å². The molecule has 1 aliphatic rings. The van der Waals surface area contributed by atoms with E-state index in [2.05, 4.69) is 4.74 Å². The maximum absolute atomic E-state index is 12.6. The summed E-state index contributed by atoms with van der Waals surface area (Å²) in [5.74, 6) is -1.71. The first-order valence-corrected chi connectivity index (χ1v) is 2.71. The van der Waals surface area contributed by atoms with Gasteiger partial charge < -0.3 is 9.84 Å². The summed E-state index contributed by atoms with van der Waals surface area (Å²) >= 11 is 0. The Labute approximate surface area is 47.3 Å². The molecule has 1 unspecified atom stereocenters. The smallest absolute Gasteiger partial charge is 0.232 e. The first-order valence-electron chi connectivity index (χ1n) is 2.71. The van der Waals surface area contributed by atoms with E-state index >= 15 is 0 Å². The third-order valence-corrected chi connectivity index (χ3v) is 1.29. The van der Waals surface area contributed by atoms with Crippen LogP contribution in [0.3, 0.4) is 0 Å². The molecule has 1 aliphatic heterocycles. The van der Waals surface area contributed by atoms with Crippen molar-refractivity contribution in [1.29, 1.82) is 0 Å². The van der Waals surface area contributed by atoms with Crippen LogP contribution in [0, 0.1) is 0 Å². The fourth-order valence-electron chi connectivity index (χ4n) is 0.788. The first-order chi connectivity index (χ1) is 3.77. The predicted octanol–water partition coefficient (Wildman–Crippen LogP) is 0.455. The molecule has 0 aromatic carbocycles. The van der Waals surface area contributed by atoms with Gasteiger partial charge in [-0.2, -0.15) is 0 Å². The van der Waals surface area contributed by atoms with Crippen LogP contribution in [0.2, 0.25) is 0 Å². The Balaban J connectivity index is 2.40. The monoisotopic (exact) mass is 120 g/mol. The molecule has 0 bridgehead atoms. The van der Waals surface area contributed by atoms with E-state index in [1.165, 1.54) is 0 Å². The first kappa shape index (κ1) is 5.98. The van der Waals surface area contributed by atoms with Gasteiger partial charge in [-0.1, -0.05) is 0 Å². The molecule has 0 aromatic heterocycles. The lowest BCUT2D eigenvalue weighted by Gasteiger charge is -2.13. The minimum Gasteiger partial charge on any atom is -0.390 e. The van der Waals surface area contributed by atoms with Crippen molar-refractivity contribution in [2.24, 2.45) is 0 Å². The Morgan fingerprint density at radius 3 is 2.75 bits per heavy atom. The summed E-state index contributed by atoms with van der Waals surface area (Å²) in [6.45, 7) is -0.0654. The summed E-state index contributed by atoms with van der Waals surface area (Å²) in [6.07, 6.45) is 1.06. The summed E-state index contributed by atoms with van der Waals surface area (Å²) in [7, 11) is 0. The molecular formula is C5H9FO2. The third-order valence-electron chi connectivity index (χ3n) is 1.29. The van der Waals surface area contributed by atoms with Crippen molar-refractivity contribution >= 4 is 0 Å². The van der Waals surface area contributed by atoms with E-state index in [4.69, 9.17) is 5.11 Å². The zero-order chi connectivity index (χ0) is 6.04. The summed E-state index contributed by atoms with van der Waals surface area (Å²) in [6, 6.07) is 0. The average molecular weight is 120 g/mol. The second-order valence-corrected chi connectivity index (χ2v) is 1.99. The highest BCUT2D eigenvalue weighted by Crippen LogP contribution is 2.25. The van der Waals surface area contributed by atoms with Crippen molar-refractivity contribution in [1.82, 2.24) is 0 Å². The Bertz CT molecular complexity index is 78.5. The third kappa shape index (κ3) is 0.980. The van der Waals surface area contributed by atoms with Gasteiger partial charge in [0, 0.05) is 6.42 Å². The predicted molar refractivity (Wildman–Crippen MR) is 26.1 cm³/mol. The van der Waals surface area contributed by atoms with Crippen LogP contribution >= 0.6 is 0 Å². The molecule has 1 heterocycles. The molecule has 1 atom stereocenters. The van der Waals surface area contributed by atoms with Gasteiger partial charge in [0.2, 0.25) is 5.85 Å². The second kappa shape index (κ2) is 1.99. The molecule has 8 heavy (non-hydrogen) atoms. The second-order valence-electron chi connectivity index (χ2n) is 1.99. The molecule has 3 heteroatoms. The van der Waals surface area contributed by atoms with E-state index in [-0.39, 0.29) is 0 Å². The van der Waals surface area contributed by atoms with Crippen LogP contribution < -0.4 is 0 Å². The number of aliphatic hydroxyl groups is 1. The Kier molecular flexibility index (Phi) is 1.49. The van der Waals surface area contributed by atoms with Crippen molar-refractivity contribution < 1.29 is 14.2 Å². The van der Waals surface area contributed by atoms with Gasteiger partial charge in [-0.3, -0.25) is 0 Å². The maximum Gasteiger partial charge on any atom is 0.232 e. The zero-order valence-electron chi connectivity index (χ0n) is 4.56. The number of ether oxygens (including phenoxy) is 1. The lowest BCUT2D eigenvalue weighted by atomic mass is 10.2. The van der Waals surface area contributed by atoms with Gasteiger partial charge in [0.15, 0.2) is 0 Å². The standard InChI is InChI=1S/C5H9FO2/c6-5(4-7)2-1-3-8-5/h7H,1-4H2. The van der Waals surface area contributed by atoms with Gasteiger partial charge in [-0.05, 0) is 6.42 Å². The number of hydrogen-bond acceptors (Lipinski definition) is 2. The molecule has 1 saturated heterocycles. The fourth-order valence-corrected chi connectivity index (χ4v) is 0.788. The van der Waals surface area contributed by atoms with E-state index in [0.717, 1.165) is 6.42 Å². The number of alkyl halides is 1. The van der Waals surface area contributed by atoms with Gasteiger partial charge in [-0.15, -0.1) is 0 Å². The van der Waals surface area contributed by atoms with E-state index in [9.17, 15) is 4.39 Å². The topological polar surface area (TPSA) is 29.5 Å². The Hall–Kier alpha value is -0.150. The summed E-state index contributed by atoms with van der Waals surface area (Å²) < 4.78 is 17.1. The summed E-state index contributed by atoms with van der Waals surface area (Å²) in [5.41, 5.74) is 0. The van der Waals surface area contributed by atoms with Crippen LogP contribution in [-0.2, 0) is 4.74 Å². The largest absolute Gasteiger partial charge is 0.390 e. The van der Waals surface area contributed by atoms with Crippen molar-refractivity contribution in [3.8, 4) is 0 Å². The van der Waals surface area contributed by atoms with Gasteiger partial charge in [0.1, 0.15) is 6.61 Å². The zero-order valence-corrected chi connectivity index (χ0v) is 4.56. The summed E-state index contributed by atoms with van der Waals surface area (Å²) in [4.78, 5) is 0. The minimum atomic E-state index is -1.71. The molecule has 0 saturated carbocycles. The molecule has 0 radical (unpaired) electrons. The van der Waals surface area contributed by atoms with Gasteiger partial charge in [0.25, 0.3) is 0 Å². The van der Waals surface area contributed by atoms with Gasteiger partial charge >= 0.3 is 0 Å². The van der Waals surface area contributed by atoms with Crippen molar-refractivity contribution in [2.45, 2.75) is 18.7 Å². The van der Waals surface area contributed by atoms with Crippen molar-refractivity contribution in [2.75, 3.05) is 13.2 Å². The molecule has 0 amide bonds. The Morgan fingerprint density at radius 1 is 1.75 bits per heavy atom. The summed E-state index contributed by atoms with van der Waals surface area (Å²) in [5, 5.41) is 8.33. The van der Waals surface area contributed by atoms with Gasteiger partial charge in [-0.25, -0.2) is 4.39 Å². The van der Waals surface area contributed by atoms with E-state index < -0.39 is 12.5 Å². The molecule has 0 aromatic rings. The fraction of sp³-hybridized carbons (Fsp3) is 1.00. The molecule has 0 aliphatic carbocycles. The highest BCUT2D eigenvalue weighted by Gasteiger charge is 2.33. The number of rotatable bonds is 1. The molecule has 0 spiro atoms. The average Bonchev–Trinajstić information content (AvgIpc) is 2.17. The SMILES string of the molecule is OCC1(F)CCCO1. The lowest BCUT2D eigenvalue weighted by Crippen LogP contribution is -2.25. The van der Waals surface area contributed by atoms with Crippen LogP contribution in [0.25, 0.3) is 0 Å². The molecular weight excluding hydrogens is 111 g/mol. The molecule has 1 fully saturated rings. The van der Waals surface area contributed by atoms with Crippen LogP contribution in [0.5, 0.6) is 0 Å².